The first-order valence-corrected chi connectivity index (χ1v) is 6.02. The van der Waals surface area contributed by atoms with Gasteiger partial charge in [0.05, 0.1) is 0 Å². The predicted octanol–water partition coefficient (Wildman–Crippen LogP) is 2.71. The lowest BCUT2D eigenvalue weighted by Crippen LogP contribution is -2.51. The van der Waals surface area contributed by atoms with Crippen molar-refractivity contribution < 1.29 is 4.79 Å². The largest absolute Gasteiger partial charge is 0.325 e. The molecule has 0 bridgehead atoms. The minimum absolute atomic E-state index is 0.0332. The maximum absolute atomic E-state index is 12.2. The molecule has 0 aromatic rings. The molecule has 0 aromatic carbocycles. The topological polar surface area (TPSA) is 23.6 Å². The van der Waals surface area contributed by atoms with Crippen LogP contribution in [0.25, 0.3) is 0 Å². The fraction of sp³-hybridized carbons (Fsp3) is 0.917. The van der Waals surface area contributed by atoms with Gasteiger partial charge in [-0.05, 0) is 39.5 Å². The van der Waals surface area contributed by atoms with Crippen LogP contribution in [0.5, 0.6) is 0 Å². The van der Waals surface area contributed by atoms with Crippen molar-refractivity contribution in [2.45, 2.75) is 52.0 Å². The highest BCUT2D eigenvalue weighted by Gasteiger charge is 2.29. The van der Waals surface area contributed by atoms with Crippen LogP contribution in [0.2, 0.25) is 0 Å². The van der Waals surface area contributed by atoms with Gasteiger partial charge >= 0.3 is 6.03 Å². The standard InChI is InChI=1S/C12H24N2O/c1-5-12(2,3)13(4)11(15)14-9-7-6-8-10-14/h5-10H2,1-4H3. The summed E-state index contributed by atoms with van der Waals surface area (Å²) >= 11 is 0. The van der Waals surface area contributed by atoms with Gasteiger partial charge < -0.3 is 9.80 Å². The van der Waals surface area contributed by atoms with Gasteiger partial charge in [-0.2, -0.15) is 0 Å². The smallest absolute Gasteiger partial charge is 0.320 e. The number of hydrogen-bond donors (Lipinski definition) is 0. The van der Waals surface area contributed by atoms with Gasteiger partial charge in [0.2, 0.25) is 0 Å². The Balaban J connectivity index is 2.58. The summed E-state index contributed by atoms with van der Waals surface area (Å²) in [6.07, 6.45) is 4.58. The first-order valence-electron chi connectivity index (χ1n) is 6.02. The highest BCUT2D eigenvalue weighted by molar-refractivity contribution is 5.75. The number of urea groups is 1. The van der Waals surface area contributed by atoms with Crippen LogP contribution in [0.15, 0.2) is 0 Å². The Bertz CT molecular complexity index is 220. The van der Waals surface area contributed by atoms with Crippen LogP contribution >= 0.6 is 0 Å². The molecule has 0 aliphatic carbocycles. The fourth-order valence-electron chi connectivity index (χ4n) is 1.79. The summed E-state index contributed by atoms with van der Waals surface area (Å²) in [6.45, 7) is 8.23. The molecule has 3 heteroatoms. The number of piperidine rings is 1. The van der Waals surface area contributed by atoms with Crippen molar-refractivity contribution in [2.75, 3.05) is 20.1 Å². The molecule has 2 amide bonds. The minimum atomic E-state index is -0.0332. The third kappa shape index (κ3) is 2.86. The van der Waals surface area contributed by atoms with Crippen molar-refractivity contribution in [3.63, 3.8) is 0 Å². The lowest BCUT2D eigenvalue weighted by molar-refractivity contribution is 0.110. The first-order chi connectivity index (χ1) is 6.99. The van der Waals surface area contributed by atoms with Gasteiger partial charge in [0.1, 0.15) is 0 Å². The number of amides is 2. The molecule has 1 rings (SSSR count). The van der Waals surface area contributed by atoms with E-state index in [4.69, 9.17) is 0 Å². The lowest BCUT2D eigenvalue weighted by atomic mass is 10.0. The average molecular weight is 212 g/mol. The van der Waals surface area contributed by atoms with Gasteiger partial charge in [-0.15, -0.1) is 0 Å². The van der Waals surface area contributed by atoms with Crippen molar-refractivity contribution in [2.24, 2.45) is 0 Å². The van der Waals surface area contributed by atoms with E-state index in [2.05, 4.69) is 20.8 Å². The quantitative estimate of drug-likeness (QED) is 0.690. The maximum atomic E-state index is 12.2. The predicted molar refractivity (Wildman–Crippen MR) is 63.0 cm³/mol. The molecule has 0 N–H and O–H groups in total. The van der Waals surface area contributed by atoms with Gasteiger partial charge in [0, 0.05) is 25.7 Å². The van der Waals surface area contributed by atoms with E-state index in [1.165, 1.54) is 6.42 Å². The van der Waals surface area contributed by atoms with E-state index in [0.717, 1.165) is 32.4 Å². The Labute approximate surface area is 93.4 Å². The number of hydrogen-bond acceptors (Lipinski definition) is 1. The van der Waals surface area contributed by atoms with E-state index >= 15 is 0 Å². The van der Waals surface area contributed by atoms with Gasteiger partial charge in [0.15, 0.2) is 0 Å². The van der Waals surface area contributed by atoms with E-state index in [1.807, 2.05) is 16.8 Å². The molecule has 1 aliphatic heterocycles. The van der Waals surface area contributed by atoms with Gasteiger partial charge in [-0.3, -0.25) is 0 Å². The maximum Gasteiger partial charge on any atom is 0.320 e. The van der Waals surface area contributed by atoms with Crippen molar-refractivity contribution in [3.05, 3.63) is 0 Å². The second kappa shape index (κ2) is 4.86. The number of carbonyl (C=O) groups excluding carboxylic acids is 1. The molecule has 0 radical (unpaired) electrons. The Kier molecular flexibility index (Phi) is 4.00. The molecule has 1 fully saturated rings. The molecule has 1 heterocycles. The summed E-state index contributed by atoms with van der Waals surface area (Å²) in [5, 5.41) is 0. The molecule has 0 atom stereocenters. The third-order valence-corrected chi connectivity index (χ3v) is 3.69. The summed E-state index contributed by atoms with van der Waals surface area (Å²) in [7, 11) is 1.92. The second-order valence-electron chi connectivity index (χ2n) is 5.06. The Morgan fingerprint density at radius 3 is 2.27 bits per heavy atom. The highest BCUT2D eigenvalue weighted by Crippen LogP contribution is 2.20. The van der Waals surface area contributed by atoms with Crippen LogP contribution in [-0.4, -0.2) is 41.5 Å². The van der Waals surface area contributed by atoms with Crippen LogP contribution in [0, 0.1) is 0 Å². The number of likely N-dealkylation sites (tertiary alicyclic amines) is 1. The van der Waals surface area contributed by atoms with Crippen molar-refractivity contribution in [1.82, 2.24) is 9.80 Å². The van der Waals surface area contributed by atoms with Gasteiger partial charge in [-0.25, -0.2) is 4.79 Å². The summed E-state index contributed by atoms with van der Waals surface area (Å²) in [4.78, 5) is 16.0. The normalized spacial score (nSPS) is 17.7. The number of rotatable bonds is 2. The molecular weight excluding hydrogens is 188 g/mol. The van der Waals surface area contributed by atoms with Gasteiger partial charge in [0.25, 0.3) is 0 Å². The van der Waals surface area contributed by atoms with Crippen LogP contribution in [0.3, 0.4) is 0 Å². The van der Waals surface area contributed by atoms with Crippen molar-refractivity contribution in [3.8, 4) is 0 Å². The average Bonchev–Trinajstić information content (AvgIpc) is 2.28. The molecular formula is C12H24N2O. The van der Waals surface area contributed by atoms with Crippen LogP contribution < -0.4 is 0 Å². The van der Waals surface area contributed by atoms with E-state index in [-0.39, 0.29) is 11.6 Å². The van der Waals surface area contributed by atoms with Gasteiger partial charge in [-0.1, -0.05) is 6.92 Å². The third-order valence-electron chi connectivity index (χ3n) is 3.69. The first kappa shape index (κ1) is 12.3. The van der Waals surface area contributed by atoms with Crippen molar-refractivity contribution >= 4 is 6.03 Å². The van der Waals surface area contributed by atoms with E-state index < -0.39 is 0 Å². The SMILES string of the molecule is CCC(C)(C)N(C)C(=O)N1CCCCC1. The summed E-state index contributed by atoms with van der Waals surface area (Å²) in [5.41, 5.74) is -0.0332. The molecule has 1 aliphatic rings. The second-order valence-corrected chi connectivity index (χ2v) is 5.06. The molecule has 3 nitrogen and oxygen atoms in total. The molecule has 0 unspecified atom stereocenters. The zero-order valence-electron chi connectivity index (χ0n) is 10.5. The Morgan fingerprint density at radius 1 is 1.27 bits per heavy atom. The zero-order chi connectivity index (χ0) is 11.5. The summed E-state index contributed by atoms with van der Waals surface area (Å²) < 4.78 is 0. The fourth-order valence-corrected chi connectivity index (χ4v) is 1.79. The molecule has 0 saturated carbocycles. The summed E-state index contributed by atoms with van der Waals surface area (Å²) in [6, 6.07) is 0.196. The molecule has 88 valence electrons. The molecule has 1 saturated heterocycles. The lowest BCUT2D eigenvalue weighted by Gasteiger charge is -2.39. The van der Waals surface area contributed by atoms with Crippen LogP contribution in [0.4, 0.5) is 4.79 Å². The molecule has 0 aromatic heterocycles. The molecule has 15 heavy (non-hydrogen) atoms. The monoisotopic (exact) mass is 212 g/mol. The zero-order valence-corrected chi connectivity index (χ0v) is 10.5. The van der Waals surface area contributed by atoms with Crippen molar-refractivity contribution in [1.29, 1.82) is 0 Å². The Morgan fingerprint density at radius 2 is 1.80 bits per heavy atom. The minimum Gasteiger partial charge on any atom is -0.325 e. The Hall–Kier alpha value is -0.730. The van der Waals surface area contributed by atoms with Crippen LogP contribution in [0.1, 0.15) is 46.5 Å². The van der Waals surface area contributed by atoms with E-state index in [9.17, 15) is 4.79 Å². The number of carbonyl (C=O) groups is 1. The van der Waals surface area contributed by atoms with Crippen LogP contribution in [-0.2, 0) is 0 Å². The van der Waals surface area contributed by atoms with E-state index in [0.29, 0.717) is 0 Å². The number of nitrogens with zero attached hydrogens (tertiary/aromatic N) is 2. The summed E-state index contributed by atoms with van der Waals surface area (Å²) in [5.74, 6) is 0. The molecule has 0 spiro atoms. The van der Waals surface area contributed by atoms with E-state index in [1.54, 1.807) is 0 Å². The highest BCUT2D eigenvalue weighted by atomic mass is 16.2.